The summed E-state index contributed by atoms with van der Waals surface area (Å²) in [5.74, 6) is 0.705. The van der Waals surface area contributed by atoms with Gasteiger partial charge in [-0.1, -0.05) is 18.2 Å². The number of aromatic nitrogens is 1. The van der Waals surface area contributed by atoms with Crippen LogP contribution < -0.4 is 10.1 Å². The number of rotatable bonds is 3. The Hall–Kier alpha value is -1.87. The molecular formula is C17H20N2O. The topological polar surface area (TPSA) is 34.2 Å². The van der Waals surface area contributed by atoms with Crippen LogP contribution in [0.15, 0.2) is 36.5 Å². The molecule has 20 heavy (non-hydrogen) atoms. The highest BCUT2D eigenvalue weighted by Gasteiger charge is 2.21. The van der Waals surface area contributed by atoms with Crippen LogP contribution in [-0.2, 0) is 12.8 Å². The Balaban J connectivity index is 2.07. The van der Waals surface area contributed by atoms with Gasteiger partial charge in [0.1, 0.15) is 0 Å². The lowest BCUT2D eigenvalue weighted by Crippen LogP contribution is -2.31. The molecule has 2 aromatic rings. The summed E-state index contributed by atoms with van der Waals surface area (Å²) in [7, 11) is 3.72. The monoisotopic (exact) mass is 268 g/mol. The molecule has 1 atom stereocenters. The Bertz CT molecular complexity index is 610. The second kappa shape index (κ2) is 5.63. The van der Waals surface area contributed by atoms with Crippen molar-refractivity contribution in [1.82, 2.24) is 10.3 Å². The van der Waals surface area contributed by atoms with Gasteiger partial charge in [0.2, 0.25) is 5.88 Å². The highest BCUT2D eigenvalue weighted by molar-refractivity contribution is 5.73. The van der Waals surface area contributed by atoms with Gasteiger partial charge < -0.3 is 10.1 Å². The van der Waals surface area contributed by atoms with Gasteiger partial charge in [-0.3, -0.25) is 0 Å². The lowest BCUT2D eigenvalue weighted by Gasteiger charge is -2.26. The summed E-state index contributed by atoms with van der Waals surface area (Å²) in [4.78, 5) is 4.32. The van der Waals surface area contributed by atoms with Crippen molar-refractivity contribution in [3.8, 4) is 17.0 Å². The van der Waals surface area contributed by atoms with E-state index in [0.717, 1.165) is 18.4 Å². The van der Waals surface area contributed by atoms with E-state index in [1.165, 1.54) is 23.1 Å². The Morgan fingerprint density at radius 3 is 2.85 bits per heavy atom. The van der Waals surface area contributed by atoms with Gasteiger partial charge in [0.25, 0.3) is 0 Å². The van der Waals surface area contributed by atoms with Crippen LogP contribution in [0.4, 0.5) is 0 Å². The molecule has 104 valence electrons. The van der Waals surface area contributed by atoms with Crippen LogP contribution in [-0.4, -0.2) is 25.2 Å². The average Bonchev–Trinajstić information content (AvgIpc) is 2.53. The summed E-state index contributed by atoms with van der Waals surface area (Å²) in [6.45, 7) is 0. The molecule has 1 aromatic heterocycles. The first-order valence-corrected chi connectivity index (χ1v) is 7.11. The fourth-order valence-corrected chi connectivity index (χ4v) is 3.06. The van der Waals surface area contributed by atoms with Crippen LogP contribution >= 0.6 is 0 Å². The van der Waals surface area contributed by atoms with E-state index < -0.39 is 0 Å². The number of methoxy groups -OCH3 is 1. The maximum absolute atomic E-state index is 5.41. The van der Waals surface area contributed by atoms with Gasteiger partial charge in [-0.05, 0) is 55.1 Å². The zero-order valence-electron chi connectivity index (χ0n) is 12.0. The molecular weight excluding hydrogens is 248 g/mol. The molecule has 3 heteroatoms. The van der Waals surface area contributed by atoms with Gasteiger partial charge in [-0.2, -0.15) is 0 Å². The smallest absolute Gasteiger partial charge is 0.221 e. The van der Waals surface area contributed by atoms with Gasteiger partial charge in [0.15, 0.2) is 0 Å². The summed E-state index contributed by atoms with van der Waals surface area (Å²) in [5, 5.41) is 3.39. The predicted molar refractivity (Wildman–Crippen MR) is 81.1 cm³/mol. The summed E-state index contributed by atoms with van der Waals surface area (Å²) >= 11 is 0. The van der Waals surface area contributed by atoms with Crippen LogP contribution in [0.1, 0.15) is 17.5 Å². The summed E-state index contributed by atoms with van der Waals surface area (Å²) in [6.07, 6.45) is 5.16. The summed E-state index contributed by atoms with van der Waals surface area (Å²) in [5.41, 5.74) is 5.25. The van der Waals surface area contributed by atoms with Crippen LogP contribution in [0.2, 0.25) is 0 Å². The van der Waals surface area contributed by atoms with Crippen molar-refractivity contribution in [2.45, 2.75) is 25.3 Å². The largest absolute Gasteiger partial charge is 0.481 e. The number of nitrogens with one attached hydrogen (secondary N) is 1. The van der Waals surface area contributed by atoms with Crippen LogP contribution in [0.3, 0.4) is 0 Å². The van der Waals surface area contributed by atoms with Gasteiger partial charge in [-0.25, -0.2) is 4.98 Å². The summed E-state index contributed by atoms with van der Waals surface area (Å²) < 4.78 is 5.41. The second-order valence-corrected chi connectivity index (χ2v) is 5.23. The minimum absolute atomic E-state index is 0.591. The van der Waals surface area contributed by atoms with Crippen LogP contribution in [0, 0.1) is 0 Å². The highest BCUT2D eigenvalue weighted by atomic mass is 16.5. The number of fused-ring (bicyclic) bond motifs is 1. The number of likely N-dealkylation sites (N-methyl/N-ethyl adjacent to an activating group) is 1. The Kier molecular flexibility index (Phi) is 3.70. The van der Waals surface area contributed by atoms with Gasteiger partial charge >= 0.3 is 0 Å². The maximum Gasteiger partial charge on any atom is 0.221 e. The number of ether oxygens (including phenoxy) is 1. The highest BCUT2D eigenvalue weighted by Crippen LogP contribution is 2.35. The first-order chi connectivity index (χ1) is 9.83. The quantitative estimate of drug-likeness (QED) is 0.929. The minimum atomic E-state index is 0.591. The minimum Gasteiger partial charge on any atom is -0.481 e. The van der Waals surface area contributed by atoms with Crippen molar-refractivity contribution in [2.24, 2.45) is 0 Å². The third-order valence-electron chi connectivity index (χ3n) is 4.15. The SMILES string of the molecule is CNC1CCc2c(cccc2-c2cccnc2OC)C1. The maximum atomic E-state index is 5.41. The van der Waals surface area contributed by atoms with E-state index in [0.29, 0.717) is 11.9 Å². The Morgan fingerprint density at radius 2 is 2.05 bits per heavy atom. The molecule has 0 saturated carbocycles. The number of pyridine rings is 1. The van der Waals surface area contributed by atoms with Crippen molar-refractivity contribution < 1.29 is 4.74 Å². The lowest BCUT2D eigenvalue weighted by molar-refractivity contribution is 0.399. The molecule has 0 aliphatic heterocycles. The van der Waals surface area contributed by atoms with Gasteiger partial charge in [-0.15, -0.1) is 0 Å². The fraction of sp³-hybridized carbons (Fsp3) is 0.353. The van der Waals surface area contributed by atoms with E-state index in [1.807, 2.05) is 13.1 Å². The first kappa shape index (κ1) is 13.1. The van der Waals surface area contributed by atoms with Crippen LogP contribution in [0.5, 0.6) is 5.88 Å². The van der Waals surface area contributed by atoms with E-state index >= 15 is 0 Å². The van der Waals surface area contributed by atoms with E-state index in [-0.39, 0.29) is 0 Å². The Labute approximate surface area is 120 Å². The number of hydrogen-bond donors (Lipinski definition) is 1. The first-order valence-electron chi connectivity index (χ1n) is 7.11. The fourth-order valence-electron chi connectivity index (χ4n) is 3.06. The van der Waals surface area contributed by atoms with Crippen LogP contribution in [0.25, 0.3) is 11.1 Å². The van der Waals surface area contributed by atoms with Gasteiger partial charge in [0.05, 0.1) is 7.11 Å². The molecule has 1 aliphatic carbocycles. The molecule has 1 N–H and O–H groups in total. The third kappa shape index (κ3) is 2.29. The Morgan fingerprint density at radius 1 is 1.20 bits per heavy atom. The van der Waals surface area contributed by atoms with Crippen molar-refractivity contribution in [2.75, 3.05) is 14.2 Å². The molecule has 1 aliphatic rings. The standard InChI is InChI=1S/C17H20N2O/c1-18-13-8-9-14-12(11-13)5-3-6-15(14)16-7-4-10-19-17(16)20-2/h3-7,10,13,18H,8-9,11H2,1-2H3. The van der Waals surface area contributed by atoms with Gasteiger partial charge in [0, 0.05) is 17.8 Å². The normalized spacial score (nSPS) is 17.6. The molecule has 0 amide bonds. The average molecular weight is 268 g/mol. The number of nitrogens with zero attached hydrogens (tertiary/aromatic N) is 1. The summed E-state index contributed by atoms with van der Waals surface area (Å²) in [6, 6.07) is 11.2. The molecule has 0 saturated heterocycles. The second-order valence-electron chi connectivity index (χ2n) is 5.23. The van der Waals surface area contributed by atoms with E-state index in [1.54, 1.807) is 13.3 Å². The molecule has 1 heterocycles. The number of benzene rings is 1. The molecule has 0 radical (unpaired) electrons. The van der Waals surface area contributed by atoms with E-state index in [9.17, 15) is 0 Å². The molecule has 0 spiro atoms. The van der Waals surface area contributed by atoms with Crippen molar-refractivity contribution in [3.05, 3.63) is 47.7 Å². The van der Waals surface area contributed by atoms with Crippen molar-refractivity contribution in [3.63, 3.8) is 0 Å². The van der Waals surface area contributed by atoms with E-state index in [2.05, 4.69) is 34.6 Å². The molecule has 0 fully saturated rings. The zero-order valence-corrected chi connectivity index (χ0v) is 12.0. The van der Waals surface area contributed by atoms with E-state index in [4.69, 9.17) is 4.74 Å². The van der Waals surface area contributed by atoms with Crippen molar-refractivity contribution in [1.29, 1.82) is 0 Å². The third-order valence-corrected chi connectivity index (χ3v) is 4.15. The zero-order chi connectivity index (χ0) is 13.9. The number of hydrogen-bond acceptors (Lipinski definition) is 3. The molecule has 3 nitrogen and oxygen atoms in total. The molecule has 1 aromatic carbocycles. The van der Waals surface area contributed by atoms with Crippen molar-refractivity contribution >= 4 is 0 Å². The predicted octanol–water partition coefficient (Wildman–Crippen LogP) is 2.83. The molecule has 0 bridgehead atoms. The lowest BCUT2D eigenvalue weighted by atomic mass is 9.84. The molecule has 1 unspecified atom stereocenters. The molecule has 3 rings (SSSR count).